The minimum Gasteiger partial charge on any atom is -0.467 e. The van der Waals surface area contributed by atoms with Crippen LogP contribution in [0.3, 0.4) is 0 Å². The molecule has 3 aromatic rings. The van der Waals surface area contributed by atoms with Crippen LogP contribution in [0.2, 0.25) is 0 Å². The SMILES string of the molecule is O=C(CCCSc1ccc(F)cc1)N1CCC(Oc2nc3c(F)cccc3s2)CC1. The van der Waals surface area contributed by atoms with Crippen molar-refractivity contribution in [1.82, 2.24) is 9.88 Å². The van der Waals surface area contributed by atoms with E-state index in [9.17, 15) is 13.6 Å². The average molecular weight is 449 g/mol. The Morgan fingerprint density at radius 3 is 2.67 bits per heavy atom. The highest BCUT2D eigenvalue weighted by Crippen LogP contribution is 2.31. The first-order valence-electron chi connectivity index (χ1n) is 9.96. The standard InChI is InChI=1S/C22H22F2N2O2S2/c23-15-6-8-17(9-7-15)29-14-2-5-20(27)26-12-10-16(11-13-26)28-22-25-21-18(24)3-1-4-19(21)30-22/h1,3-4,6-9,16H,2,5,10-14H2. The molecule has 0 bridgehead atoms. The van der Waals surface area contributed by atoms with Crippen LogP contribution in [0.5, 0.6) is 5.19 Å². The van der Waals surface area contributed by atoms with E-state index in [0.29, 0.717) is 30.2 Å². The van der Waals surface area contributed by atoms with E-state index in [2.05, 4.69) is 4.98 Å². The Morgan fingerprint density at radius 2 is 1.93 bits per heavy atom. The highest BCUT2D eigenvalue weighted by atomic mass is 32.2. The first kappa shape index (κ1) is 21.1. The van der Waals surface area contributed by atoms with Gasteiger partial charge < -0.3 is 9.64 Å². The van der Waals surface area contributed by atoms with Crippen molar-refractivity contribution in [3.63, 3.8) is 0 Å². The van der Waals surface area contributed by atoms with Crippen LogP contribution >= 0.6 is 23.1 Å². The van der Waals surface area contributed by atoms with Crippen LogP contribution in [0, 0.1) is 11.6 Å². The number of fused-ring (bicyclic) bond motifs is 1. The lowest BCUT2D eigenvalue weighted by molar-refractivity contribution is -0.133. The van der Waals surface area contributed by atoms with Gasteiger partial charge in [-0.05, 0) is 48.6 Å². The summed E-state index contributed by atoms with van der Waals surface area (Å²) in [5.74, 6) is 0.412. The highest BCUT2D eigenvalue weighted by Gasteiger charge is 2.24. The minimum atomic E-state index is -0.336. The molecule has 30 heavy (non-hydrogen) atoms. The van der Waals surface area contributed by atoms with Crippen molar-refractivity contribution in [2.45, 2.75) is 36.7 Å². The number of thiazole rings is 1. The number of rotatable bonds is 7. The Balaban J connectivity index is 1.18. The number of carbonyl (C=O) groups excluding carboxylic acids is 1. The van der Waals surface area contributed by atoms with Crippen molar-refractivity contribution in [3.05, 3.63) is 54.1 Å². The minimum absolute atomic E-state index is 0.00768. The maximum Gasteiger partial charge on any atom is 0.274 e. The molecule has 0 saturated carbocycles. The van der Waals surface area contributed by atoms with Crippen molar-refractivity contribution in [1.29, 1.82) is 0 Å². The number of likely N-dealkylation sites (tertiary alicyclic amines) is 1. The lowest BCUT2D eigenvalue weighted by atomic mass is 10.1. The summed E-state index contributed by atoms with van der Waals surface area (Å²) in [5, 5.41) is 0.484. The van der Waals surface area contributed by atoms with Crippen molar-refractivity contribution in [2.24, 2.45) is 0 Å². The number of aromatic nitrogens is 1. The molecule has 1 aliphatic rings. The molecule has 0 unspecified atom stereocenters. The number of nitrogens with zero attached hydrogens (tertiary/aromatic N) is 2. The van der Waals surface area contributed by atoms with E-state index in [-0.39, 0.29) is 23.6 Å². The molecule has 1 saturated heterocycles. The second kappa shape index (κ2) is 9.75. The molecule has 0 atom stereocenters. The molecule has 4 rings (SSSR count). The van der Waals surface area contributed by atoms with Crippen LogP contribution in [0.25, 0.3) is 10.2 Å². The summed E-state index contributed by atoms with van der Waals surface area (Å²) in [6.45, 7) is 1.32. The monoisotopic (exact) mass is 448 g/mol. The van der Waals surface area contributed by atoms with Crippen LogP contribution in [-0.4, -0.2) is 40.7 Å². The average Bonchev–Trinajstić information content (AvgIpc) is 3.17. The molecule has 2 aromatic carbocycles. The van der Waals surface area contributed by atoms with Gasteiger partial charge in [-0.1, -0.05) is 17.4 Å². The Hall–Kier alpha value is -2.19. The molecule has 0 radical (unpaired) electrons. The van der Waals surface area contributed by atoms with Gasteiger partial charge in [0.05, 0.1) is 4.70 Å². The Morgan fingerprint density at radius 1 is 1.17 bits per heavy atom. The van der Waals surface area contributed by atoms with Crippen molar-refractivity contribution >= 4 is 39.2 Å². The number of benzene rings is 2. The van der Waals surface area contributed by atoms with Gasteiger partial charge in [-0.15, -0.1) is 11.8 Å². The predicted octanol–water partition coefficient (Wildman–Crippen LogP) is 5.52. The number of halogens is 2. The number of piperidine rings is 1. The Labute approximate surface area is 182 Å². The van der Waals surface area contributed by atoms with Gasteiger partial charge >= 0.3 is 0 Å². The molecular formula is C22H22F2N2O2S2. The summed E-state index contributed by atoms with van der Waals surface area (Å²) < 4.78 is 33.4. The molecule has 158 valence electrons. The molecule has 2 heterocycles. The first-order chi connectivity index (χ1) is 14.6. The fourth-order valence-corrected chi connectivity index (χ4v) is 5.16. The zero-order chi connectivity index (χ0) is 20.9. The number of hydrogen-bond acceptors (Lipinski definition) is 5. The molecule has 0 aliphatic carbocycles. The molecule has 0 spiro atoms. The van der Waals surface area contributed by atoms with Crippen LogP contribution in [0.1, 0.15) is 25.7 Å². The number of thioether (sulfide) groups is 1. The fourth-order valence-electron chi connectivity index (χ4n) is 3.41. The normalized spacial score (nSPS) is 14.9. The zero-order valence-corrected chi connectivity index (χ0v) is 18.0. The molecule has 4 nitrogen and oxygen atoms in total. The lowest BCUT2D eigenvalue weighted by Crippen LogP contribution is -2.41. The largest absolute Gasteiger partial charge is 0.467 e. The van der Waals surface area contributed by atoms with Gasteiger partial charge in [0.2, 0.25) is 5.91 Å². The maximum absolute atomic E-state index is 13.8. The molecule has 8 heteroatoms. The summed E-state index contributed by atoms with van der Waals surface area (Å²) in [5.41, 5.74) is 0.351. The quantitative estimate of drug-likeness (QED) is 0.353. The van der Waals surface area contributed by atoms with Crippen LogP contribution < -0.4 is 4.74 Å². The van der Waals surface area contributed by atoms with Gasteiger partial charge in [0.25, 0.3) is 5.19 Å². The smallest absolute Gasteiger partial charge is 0.274 e. The molecule has 1 amide bonds. The molecule has 1 aromatic heterocycles. The fraction of sp³-hybridized carbons (Fsp3) is 0.364. The van der Waals surface area contributed by atoms with Crippen LogP contribution in [0.15, 0.2) is 47.4 Å². The van der Waals surface area contributed by atoms with E-state index in [1.807, 2.05) is 11.0 Å². The summed E-state index contributed by atoms with van der Waals surface area (Å²) in [6, 6.07) is 11.3. The van der Waals surface area contributed by atoms with E-state index in [1.54, 1.807) is 30.0 Å². The highest BCUT2D eigenvalue weighted by molar-refractivity contribution is 7.99. The lowest BCUT2D eigenvalue weighted by Gasteiger charge is -2.31. The van der Waals surface area contributed by atoms with Gasteiger partial charge in [0, 0.05) is 37.2 Å². The van der Waals surface area contributed by atoms with E-state index in [0.717, 1.165) is 34.6 Å². The summed E-state index contributed by atoms with van der Waals surface area (Å²) in [4.78, 5) is 19.6. The van der Waals surface area contributed by atoms with Crippen molar-refractivity contribution in [2.75, 3.05) is 18.8 Å². The van der Waals surface area contributed by atoms with Gasteiger partial charge in [0.1, 0.15) is 23.3 Å². The summed E-state index contributed by atoms with van der Waals surface area (Å²) in [7, 11) is 0. The number of carbonyl (C=O) groups is 1. The van der Waals surface area contributed by atoms with Crippen molar-refractivity contribution in [3.8, 4) is 5.19 Å². The second-order valence-electron chi connectivity index (χ2n) is 7.17. The second-order valence-corrected chi connectivity index (χ2v) is 9.33. The third kappa shape index (κ3) is 5.29. The van der Waals surface area contributed by atoms with Gasteiger partial charge in [0.15, 0.2) is 0 Å². The van der Waals surface area contributed by atoms with Crippen LogP contribution in [-0.2, 0) is 4.79 Å². The number of para-hydroxylation sites is 1. The Kier molecular flexibility index (Phi) is 6.84. The third-order valence-electron chi connectivity index (χ3n) is 5.03. The Bertz CT molecular complexity index is 1000. The van der Waals surface area contributed by atoms with E-state index in [4.69, 9.17) is 4.74 Å². The molecule has 1 aliphatic heterocycles. The van der Waals surface area contributed by atoms with Crippen LogP contribution in [0.4, 0.5) is 8.78 Å². The topological polar surface area (TPSA) is 42.4 Å². The number of hydrogen-bond donors (Lipinski definition) is 0. The zero-order valence-electron chi connectivity index (χ0n) is 16.4. The summed E-state index contributed by atoms with van der Waals surface area (Å²) in [6.07, 6.45) is 2.78. The molecular weight excluding hydrogens is 426 g/mol. The maximum atomic E-state index is 13.8. The van der Waals surface area contributed by atoms with E-state index in [1.165, 1.54) is 29.5 Å². The van der Waals surface area contributed by atoms with E-state index < -0.39 is 0 Å². The summed E-state index contributed by atoms with van der Waals surface area (Å²) >= 11 is 2.98. The van der Waals surface area contributed by atoms with Gasteiger partial charge in [-0.3, -0.25) is 4.79 Å². The number of ether oxygens (including phenoxy) is 1. The van der Waals surface area contributed by atoms with E-state index >= 15 is 0 Å². The number of amides is 1. The van der Waals surface area contributed by atoms with Gasteiger partial charge in [-0.2, -0.15) is 4.98 Å². The molecule has 0 N–H and O–H groups in total. The molecule has 1 fully saturated rings. The van der Waals surface area contributed by atoms with Gasteiger partial charge in [-0.25, -0.2) is 8.78 Å². The first-order valence-corrected chi connectivity index (χ1v) is 11.8. The van der Waals surface area contributed by atoms with Crippen molar-refractivity contribution < 1.29 is 18.3 Å². The predicted molar refractivity (Wildman–Crippen MR) is 116 cm³/mol. The third-order valence-corrected chi connectivity index (χ3v) is 7.04.